The Morgan fingerprint density at radius 2 is 1.75 bits per heavy atom. The van der Waals surface area contributed by atoms with Crippen molar-refractivity contribution in [3.05, 3.63) is 83.3 Å². The Kier molecular flexibility index (Phi) is 5.73. The molecule has 4 rings (SSSR count). The van der Waals surface area contributed by atoms with Crippen LogP contribution in [-0.4, -0.2) is 31.0 Å². The molecule has 2 heterocycles. The molecule has 32 heavy (non-hydrogen) atoms. The van der Waals surface area contributed by atoms with Crippen LogP contribution in [0.25, 0.3) is 5.76 Å². The topological polar surface area (TPSA) is 89.2 Å². The van der Waals surface area contributed by atoms with E-state index < -0.39 is 17.7 Å². The molecule has 1 amide bonds. The van der Waals surface area contributed by atoms with Crippen LogP contribution in [0.5, 0.6) is 11.5 Å². The van der Waals surface area contributed by atoms with Gasteiger partial charge >= 0.3 is 0 Å². The lowest BCUT2D eigenvalue weighted by molar-refractivity contribution is -0.132. The van der Waals surface area contributed by atoms with Gasteiger partial charge in [-0.15, -0.1) is 0 Å². The molecule has 1 unspecified atom stereocenters. The Bertz CT molecular complexity index is 1180. The fourth-order valence-electron chi connectivity index (χ4n) is 3.85. The van der Waals surface area contributed by atoms with Gasteiger partial charge in [0, 0.05) is 11.3 Å². The first kappa shape index (κ1) is 21.2. The number of ketones is 1. The number of ether oxygens (including phenoxy) is 2. The third kappa shape index (κ3) is 3.51. The first-order chi connectivity index (χ1) is 15.5. The van der Waals surface area contributed by atoms with Crippen LogP contribution in [0.2, 0.25) is 0 Å². The molecule has 0 saturated carbocycles. The third-order valence-corrected chi connectivity index (χ3v) is 5.54. The number of aliphatic hydroxyl groups excluding tert-OH is 1. The minimum Gasteiger partial charge on any atom is -0.507 e. The average molecular weight is 433 g/mol. The highest BCUT2D eigenvalue weighted by Gasteiger charge is 2.48. The molecule has 0 aliphatic carbocycles. The fourth-order valence-corrected chi connectivity index (χ4v) is 3.85. The van der Waals surface area contributed by atoms with Gasteiger partial charge in [-0.25, -0.2) is 0 Å². The van der Waals surface area contributed by atoms with Crippen LogP contribution in [0.1, 0.15) is 29.9 Å². The van der Waals surface area contributed by atoms with Gasteiger partial charge in [0.2, 0.25) is 0 Å². The van der Waals surface area contributed by atoms with E-state index in [1.54, 1.807) is 42.5 Å². The molecule has 2 aromatic carbocycles. The van der Waals surface area contributed by atoms with Crippen LogP contribution >= 0.6 is 0 Å². The zero-order chi connectivity index (χ0) is 22.8. The van der Waals surface area contributed by atoms with Crippen molar-refractivity contribution in [2.45, 2.75) is 19.4 Å². The molecule has 7 heteroatoms. The molecule has 0 radical (unpaired) electrons. The summed E-state index contributed by atoms with van der Waals surface area (Å²) in [6.07, 6.45) is 2.31. The highest BCUT2D eigenvalue weighted by molar-refractivity contribution is 6.51. The lowest BCUT2D eigenvalue weighted by atomic mass is 9.99. The van der Waals surface area contributed by atoms with Crippen LogP contribution in [0.3, 0.4) is 0 Å². The number of methoxy groups -OCH3 is 2. The van der Waals surface area contributed by atoms with E-state index in [0.717, 1.165) is 12.0 Å². The van der Waals surface area contributed by atoms with Gasteiger partial charge in [-0.05, 0) is 54.4 Å². The number of Topliss-reactive ketones (excluding diaryl/α,β-unsaturated/α-hetero) is 1. The lowest BCUT2D eigenvalue weighted by Gasteiger charge is -2.23. The van der Waals surface area contributed by atoms with Crippen molar-refractivity contribution in [3.63, 3.8) is 0 Å². The second-order valence-electron chi connectivity index (χ2n) is 7.27. The number of rotatable bonds is 6. The lowest BCUT2D eigenvalue weighted by Crippen LogP contribution is -2.29. The van der Waals surface area contributed by atoms with Crippen LogP contribution in [0, 0.1) is 0 Å². The normalized spacial score (nSPS) is 17.6. The second-order valence-corrected chi connectivity index (χ2v) is 7.27. The number of aryl methyl sites for hydroxylation is 1. The van der Waals surface area contributed by atoms with Gasteiger partial charge in [-0.3, -0.25) is 14.5 Å². The molecule has 1 fully saturated rings. The summed E-state index contributed by atoms with van der Waals surface area (Å²) in [5.74, 6) is -0.626. The minimum atomic E-state index is -0.912. The number of nitrogens with zero attached hydrogens (tertiary/aromatic N) is 1. The molecule has 7 nitrogen and oxygen atoms in total. The number of hydrogen-bond donors (Lipinski definition) is 1. The third-order valence-electron chi connectivity index (χ3n) is 5.54. The van der Waals surface area contributed by atoms with E-state index >= 15 is 0 Å². The Labute approximate surface area is 185 Å². The summed E-state index contributed by atoms with van der Waals surface area (Å²) < 4.78 is 16.1. The SMILES string of the molecule is CCc1ccc(N2C(=O)C(=O)/C(=C(\O)c3ccc(OC)c(OC)c3)C2c2ccco2)cc1. The quantitative estimate of drug-likeness (QED) is 0.350. The van der Waals surface area contributed by atoms with Crippen molar-refractivity contribution in [2.75, 3.05) is 19.1 Å². The highest BCUT2D eigenvalue weighted by atomic mass is 16.5. The number of anilines is 1. The van der Waals surface area contributed by atoms with Gasteiger partial charge in [-0.2, -0.15) is 0 Å². The molecular weight excluding hydrogens is 410 g/mol. The van der Waals surface area contributed by atoms with Crippen molar-refractivity contribution in [3.8, 4) is 11.5 Å². The monoisotopic (exact) mass is 433 g/mol. The maximum Gasteiger partial charge on any atom is 0.300 e. The van der Waals surface area contributed by atoms with Gasteiger partial charge in [0.05, 0.1) is 26.1 Å². The zero-order valence-electron chi connectivity index (χ0n) is 18.0. The van der Waals surface area contributed by atoms with E-state index in [4.69, 9.17) is 13.9 Å². The van der Waals surface area contributed by atoms with Crippen molar-refractivity contribution in [1.82, 2.24) is 0 Å². The minimum absolute atomic E-state index is 0.0586. The largest absolute Gasteiger partial charge is 0.507 e. The molecule has 3 aromatic rings. The van der Waals surface area contributed by atoms with Crippen LogP contribution in [-0.2, 0) is 16.0 Å². The number of aliphatic hydroxyl groups is 1. The van der Waals surface area contributed by atoms with Gasteiger partial charge in [0.1, 0.15) is 17.6 Å². The summed E-state index contributed by atoms with van der Waals surface area (Å²) in [5.41, 5.74) is 1.90. The summed E-state index contributed by atoms with van der Waals surface area (Å²) in [6, 6.07) is 14.6. The summed E-state index contributed by atoms with van der Waals surface area (Å²) in [7, 11) is 2.98. The molecular formula is C25H23NO6. The van der Waals surface area contributed by atoms with Crippen LogP contribution < -0.4 is 14.4 Å². The van der Waals surface area contributed by atoms with E-state index in [1.807, 2.05) is 19.1 Å². The summed E-state index contributed by atoms with van der Waals surface area (Å²) in [5, 5.41) is 11.1. The van der Waals surface area contributed by atoms with E-state index in [1.165, 1.54) is 25.4 Å². The fraction of sp³-hybridized carbons (Fsp3) is 0.200. The van der Waals surface area contributed by atoms with E-state index in [-0.39, 0.29) is 11.3 Å². The molecule has 1 aliphatic heterocycles. The summed E-state index contributed by atoms with van der Waals surface area (Å²) in [6.45, 7) is 2.03. The van der Waals surface area contributed by atoms with Gasteiger partial charge in [-0.1, -0.05) is 19.1 Å². The number of amides is 1. The number of carbonyl (C=O) groups excluding carboxylic acids is 2. The average Bonchev–Trinajstić information content (AvgIpc) is 3.45. The number of furan rings is 1. The van der Waals surface area contributed by atoms with Crippen LogP contribution in [0.15, 0.2) is 70.9 Å². The Balaban J connectivity index is 1.88. The standard InChI is InChI=1S/C25H23NO6/c1-4-15-7-10-17(11-8-15)26-22(19-6-5-13-32-19)21(24(28)25(26)29)23(27)16-9-12-18(30-2)20(14-16)31-3/h5-14,22,27H,4H2,1-3H3/b23-21-. The molecule has 1 aromatic heterocycles. The van der Waals surface area contributed by atoms with E-state index in [2.05, 4.69) is 0 Å². The number of carbonyl (C=O) groups is 2. The van der Waals surface area contributed by atoms with Gasteiger partial charge in [0.25, 0.3) is 11.7 Å². The summed E-state index contributed by atoms with van der Waals surface area (Å²) >= 11 is 0. The first-order valence-electron chi connectivity index (χ1n) is 10.2. The van der Waals surface area contributed by atoms with Gasteiger partial charge in [0.15, 0.2) is 11.5 Å². The smallest absolute Gasteiger partial charge is 0.300 e. The van der Waals surface area contributed by atoms with E-state index in [0.29, 0.717) is 28.5 Å². The predicted octanol–water partition coefficient (Wildman–Crippen LogP) is 4.49. The molecule has 0 spiro atoms. The zero-order valence-corrected chi connectivity index (χ0v) is 18.0. The number of benzene rings is 2. The Hall–Kier alpha value is -4.00. The van der Waals surface area contributed by atoms with Crippen molar-refractivity contribution < 1.29 is 28.6 Å². The maximum absolute atomic E-state index is 13.1. The maximum atomic E-state index is 13.1. The van der Waals surface area contributed by atoms with Crippen LogP contribution in [0.4, 0.5) is 5.69 Å². The Morgan fingerprint density at radius 3 is 2.34 bits per heavy atom. The molecule has 0 bridgehead atoms. The van der Waals surface area contributed by atoms with Crippen molar-refractivity contribution >= 4 is 23.1 Å². The highest BCUT2D eigenvalue weighted by Crippen LogP contribution is 2.43. The second kappa shape index (κ2) is 8.63. The van der Waals surface area contributed by atoms with Crippen molar-refractivity contribution in [1.29, 1.82) is 0 Å². The molecule has 1 saturated heterocycles. The van der Waals surface area contributed by atoms with Crippen molar-refractivity contribution in [2.24, 2.45) is 0 Å². The first-order valence-corrected chi connectivity index (χ1v) is 10.2. The van der Waals surface area contributed by atoms with Gasteiger partial charge < -0.3 is 19.0 Å². The molecule has 164 valence electrons. The number of hydrogen-bond acceptors (Lipinski definition) is 6. The van der Waals surface area contributed by atoms with E-state index in [9.17, 15) is 14.7 Å². The predicted molar refractivity (Wildman–Crippen MR) is 119 cm³/mol. The molecule has 1 N–H and O–H groups in total. The summed E-state index contributed by atoms with van der Waals surface area (Å²) in [4.78, 5) is 27.5. The molecule has 1 aliphatic rings. The Morgan fingerprint density at radius 1 is 1.03 bits per heavy atom. The molecule has 1 atom stereocenters.